The van der Waals surface area contributed by atoms with Crippen molar-refractivity contribution in [3.05, 3.63) is 34.2 Å². The number of thiophene rings is 1. The predicted molar refractivity (Wildman–Crippen MR) is 75.2 cm³/mol. The van der Waals surface area contributed by atoms with Gasteiger partial charge in [0.05, 0.1) is 24.2 Å². The Morgan fingerprint density at radius 1 is 1.43 bits per heavy atom. The van der Waals surface area contributed by atoms with Crippen LogP contribution in [0, 0.1) is 12.8 Å². The number of amides is 1. The molecule has 0 saturated carbocycles. The molecule has 0 radical (unpaired) electrons. The lowest BCUT2D eigenvalue weighted by Gasteiger charge is -2.17. The lowest BCUT2D eigenvalue weighted by Crippen LogP contribution is -2.30. The zero-order chi connectivity index (χ0) is 14.4. The van der Waals surface area contributed by atoms with Crippen molar-refractivity contribution in [1.82, 2.24) is 15.1 Å². The Kier molecular flexibility index (Phi) is 3.04. The van der Waals surface area contributed by atoms with Crippen molar-refractivity contribution in [1.29, 1.82) is 0 Å². The lowest BCUT2D eigenvalue weighted by molar-refractivity contribution is 0.0687. The second-order valence-corrected chi connectivity index (χ2v) is 6.30. The van der Waals surface area contributed by atoms with Gasteiger partial charge in [-0.25, -0.2) is 0 Å². The van der Waals surface area contributed by atoms with Crippen LogP contribution in [0.2, 0.25) is 0 Å². The van der Waals surface area contributed by atoms with Gasteiger partial charge in [-0.05, 0) is 11.4 Å². The van der Waals surface area contributed by atoms with E-state index in [1.165, 1.54) is 11.3 Å². The summed E-state index contributed by atoms with van der Waals surface area (Å²) in [4.78, 5) is 14.3. The van der Waals surface area contributed by atoms with Crippen molar-refractivity contribution in [2.24, 2.45) is 5.92 Å². The highest BCUT2D eigenvalue weighted by molar-refractivity contribution is 7.08. The number of hydrogen-bond donors (Lipinski definition) is 0. The number of carbonyl (C=O) groups excluding carboxylic acids is 1. The van der Waals surface area contributed by atoms with Crippen molar-refractivity contribution in [3.63, 3.8) is 0 Å². The van der Waals surface area contributed by atoms with Gasteiger partial charge in [-0.15, -0.1) is 10.2 Å². The summed E-state index contributed by atoms with van der Waals surface area (Å²) in [6.07, 6.45) is 0.0739. The predicted octanol–water partition coefficient (Wildman–Crippen LogP) is 1.69. The van der Waals surface area contributed by atoms with Crippen molar-refractivity contribution in [2.45, 2.75) is 18.9 Å². The molecule has 0 N–H and O–H groups in total. The fourth-order valence-corrected chi connectivity index (χ4v) is 3.79. The molecule has 2 aliphatic rings. The number of ether oxygens (including phenoxy) is 1. The smallest absolute Gasteiger partial charge is 0.254 e. The van der Waals surface area contributed by atoms with E-state index in [2.05, 4.69) is 10.2 Å². The highest BCUT2D eigenvalue weighted by Crippen LogP contribution is 2.39. The number of aromatic nitrogens is 2. The van der Waals surface area contributed by atoms with Gasteiger partial charge in [-0.2, -0.15) is 11.3 Å². The maximum Gasteiger partial charge on any atom is 0.254 e. The van der Waals surface area contributed by atoms with Crippen LogP contribution in [-0.4, -0.2) is 46.8 Å². The van der Waals surface area contributed by atoms with Crippen LogP contribution in [0.3, 0.4) is 0 Å². The summed E-state index contributed by atoms with van der Waals surface area (Å²) in [6.45, 7) is 3.71. The molecule has 2 saturated heterocycles. The molecule has 2 aromatic rings. The average Bonchev–Trinajstić information content (AvgIpc) is 3.21. The van der Waals surface area contributed by atoms with E-state index >= 15 is 0 Å². The second kappa shape index (κ2) is 4.92. The van der Waals surface area contributed by atoms with Crippen LogP contribution in [0.1, 0.15) is 28.1 Å². The topological polar surface area (TPSA) is 68.5 Å². The molecular weight excluding hydrogens is 290 g/mol. The third-order valence-electron chi connectivity index (χ3n) is 4.23. The Morgan fingerprint density at radius 3 is 3.05 bits per heavy atom. The molecule has 7 heteroatoms. The van der Waals surface area contributed by atoms with Crippen molar-refractivity contribution >= 4 is 17.2 Å². The Hall–Kier alpha value is -1.73. The standard InChI is InChI=1S/C14H15N3O3S/c1-8-15-16-13(20-8)11-6-19-12-5-17(4-10(11)12)14(18)9-2-3-21-7-9/h2-3,7,10-12H,4-6H2,1H3/t10-,11+,12-/m0/s1. The summed E-state index contributed by atoms with van der Waals surface area (Å²) in [5.41, 5.74) is 0.755. The molecule has 0 aliphatic carbocycles. The second-order valence-electron chi connectivity index (χ2n) is 5.52. The van der Waals surface area contributed by atoms with Crippen molar-refractivity contribution in [3.8, 4) is 0 Å². The summed E-state index contributed by atoms with van der Waals surface area (Å²) >= 11 is 1.54. The third kappa shape index (κ3) is 2.16. The first-order valence-corrected chi connectivity index (χ1v) is 7.90. The minimum atomic E-state index is 0.0739. The van der Waals surface area contributed by atoms with E-state index in [-0.39, 0.29) is 23.8 Å². The molecule has 3 atom stereocenters. The Balaban J connectivity index is 1.52. The molecule has 4 heterocycles. The van der Waals surface area contributed by atoms with Crippen LogP contribution in [0.5, 0.6) is 0 Å². The lowest BCUT2D eigenvalue weighted by atomic mass is 9.93. The number of likely N-dealkylation sites (tertiary alicyclic amines) is 1. The first-order chi connectivity index (χ1) is 10.2. The zero-order valence-electron chi connectivity index (χ0n) is 11.6. The summed E-state index contributed by atoms with van der Waals surface area (Å²) in [7, 11) is 0. The van der Waals surface area contributed by atoms with Crippen molar-refractivity contribution < 1.29 is 13.9 Å². The maximum absolute atomic E-state index is 12.4. The monoisotopic (exact) mass is 305 g/mol. The van der Waals surface area contributed by atoms with Gasteiger partial charge in [0.2, 0.25) is 11.8 Å². The Bertz CT molecular complexity index is 654. The molecule has 6 nitrogen and oxygen atoms in total. The van der Waals surface area contributed by atoms with Crippen LogP contribution in [-0.2, 0) is 4.74 Å². The van der Waals surface area contributed by atoms with Crippen LogP contribution in [0.4, 0.5) is 0 Å². The van der Waals surface area contributed by atoms with Crippen LogP contribution in [0.15, 0.2) is 21.2 Å². The molecular formula is C14H15N3O3S. The van der Waals surface area contributed by atoms with Crippen LogP contribution < -0.4 is 0 Å². The molecule has 0 spiro atoms. The average molecular weight is 305 g/mol. The molecule has 110 valence electrons. The summed E-state index contributed by atoms with van der Waals surface area (Å²) in [5.74, 6) is 1.61. The number of aryl methyl sites for hydroxylation is 1. The number of rotatable bonds is 2. The van der Waals surface area contributed by atoms with E-state index in [1.807, 2.05) is 21.7 Å². The van der Waals surface area contributed by atoms with Gasteiger partial charge in [0, 0.05) is 31.3 Å². The highest BCUT2D eigenvalue weighted by atomic mass is 32.1. The van der Waals surface area contributed by atoms with Crippen LogP contribution >= 0.6 is 11.3 Å². The largest absolute Gasteiger partial charge is 0.425 e. The van der Waals surface area contributed by atoms with Gasteiger partial charge >= 0.3 is 0 Å². The van der Waals surface area contributed by atoms with Gasteiger partial charge in [0.15, 0.2) is 0 Å². The Labute approximate surface area is 125 Å². The minimum absolute atomic E-state index is 0.0739. The molecule has 2 fully saturated rings. The number of nitrogens with zero attached hydrogens (tertiary/aromatic N) is 3. The molecule has 21 heavy (non-hydrogen) atoms. The van der Waals surface area contributed by atoms with Crippen LogP contribution in [0.25, 0.3) is 0 Å². The van der Waals surface area contributed by atoms with Gasteiger partial charge in [-0.3, -0.25) is 4.79 Å². The first-order valence-electron chi connectivity index (χ1n) is 6.95. The zero-order valence-corrected chi connectivity index (χ0v) is 12.4. The molecule has 1 amide bonds. The van der Waals surface area contributed by atoms with E-state index in [0.717, 1.165) is 5.56 Å². The number of hydrogen-bond acceptors (Lipinski definition) is 6. The SMILES string of the molecule is Cc1nnc([C@@H]2CO[C@H]3CN(C(=O)c4ccsc4)C[C@H]32)o1. The fourth-order valence-electron chi connectivity index (χ4n) is 3.16. The molecule has 0 unspecified atom stereocenters. The quantitative estimate of drug-likeness (QED) is 0.844. The summed E-state index contributed by atoms with van der Waals surface area (Å²) in [6, 6.07) is 1.86. The molecule has 4 rings (SSSR count). The normalized spacial score (nSPS) is 28.0. The number of fused-ring (bicyclic) bond motifs is 1. The summed E-state index contributed by atoms with van der Waals surface area (Å²) in [5, 5.41) is 11.8. The highest BCUT2D eigenvalue weighted by Gasteiger charge is 2.47. The van der Waals surface area contributed by atoms with E-state index in [0.29, 0.717) is 31.5 Å². The Morgan fingerprint density at radius 2 is 2.33 bits per heavy atom. The van der Waals surface area contributed by atoms with E-state index in [1.54, 1.807) is 6.92 Å². The van der Waals surface area contributed by atoms with Crippen molar-refractivity contribution in [2.75, 3.05) is 19.7 Å². The molecule has 2 aromatic heterocycles. The van der Waals surface area contributed by atoms with Gasteiger partial charge < -0.3 is 14.1 Å². The van der Waals surface area contributed by atoms with E-state index in [9.17, 15) is 4.79 Å². The fraction of sp³-hybridized carbons (Fsp3) is 0.500. The van der Waals surface area contributed by atoms with Gasteiger partial charge in [0.1, 0.15) is 0 Å². The van der Waals surface area contributed by atoms with Gasteiger partial charge in [0.25, 0.3) is 5.91 Å². The molecule has 0 bridgehead atoms. The maximum atomic E-state index is 12.4. The number of carbonyl (C=O) groups is 1. The minimum Gasteiger partial charge on any atom is -0.425 e. The van der Waals surface area contributed by atoms with Gasteiger partial charge in [-0.1, -0.05) is 0 Å². The first kappa shape index (κ1) is 13.0. The molecule has 0 aromatic carbocycles. The molecule has 2 aliphatic heterocycles. The third-order valence-corrected chi connectivity index (χ3v) is 4.91. The van der Waals surface area contributed by atoms with E-state index in [4.69, 9.17) is 9.15 Å². The van der Waals surface area contributed by atoms with E-state index < -0.39 is 0 Å². The summed E-state index contributed by atoms with van der Waals surface area (Å²) < 4.78 is 11.4.